The summed E-state index contributed by atoms with van der Waals surface area (Å²) in [6, 6.07) is 7.71. The lowest BCUT2D eigenvalue weighted by Gasteiger charge is -2.20. The molecule has 0 spiro atoms. The van der Waals surface area contributed by atoms with Crippen LogP contribution < -0.4 is 10.1 Å². The molecule has 0 bridgehead atoms. The molecule has 1 aliphatic heterocycles. The van der Waals surface area contributed by atoms with Gasteiger partial charge in [0, 0.05) is 26.6 Å². The van der Waals surface area contributed by atoms with E-state index in [1.165, 1.54) is 24.3 Å². The molecular formula is C19H25FN4O2. The number of rotatable bonds is 6. The first-order chi connectivity index (χ1) is 12.5. The molecule has 0 saturated carbocycles. The van der Waals surface area contributed by atoms with Crippen molar-refractivity contribution in [3.05, 3.63) is 47.5 Å². The van der Waals surface area contributed by atoms with Gasteiger partial charge in [0.05, 0.1) is 17.9 Å². The fourth-order valence-corrected chi connectivity index (χ4v) is 3.10. The Morgan fingerprint density at radius 2 is 2.19 bits per heavy atom. The van der Waals surface area contributed by atoms with Gasteiger partial charge in [0.15, 0.2) is 6.61 Å². The van der Waals surface area contributed by atoms with Gasteiger partial charge in [0.1, 0.15) is 11.6 Å². The van der Waals surface area contributed by atoms with Crippen LogP contribution in [-0.2, 0) is 18.4 Å². The first kappa shape index (κ1) is 18.4. The standard InChI is InChI=1S/C19H25FN4O2/c1-23(19(25)13-26-17-7-5-15(20)6-8-17)12-16-10-18(22-24(16)2)14-4-3-9-21-11-14/h5-8,10,14,21H,3-4,9,11-13H2,1-2H3. The molecule has 1 unspecified atom stereocenters. The van der Waals surface area contributed by atoms with E-state index in [2.05, 4.69) is 16.5 Å². The zero-order valence-electron chi connectivity index (χ0n) is 15.2. The molecule has 1 fully saturated rings. The molecule has 6 nitrogen and oxygen atoms in total. The monoisotopic (exact) mass is 360 g/mol. The molecule has 26 heavy (non-hydrogen) atoms. The zero-order chi connectivity index (χ0) is 18.5. The van der Waals surface area contributed by atoms with Crippen molar-refractivity contribution in [2.45, 2.75) is 25.3 Å². The highest BCUT2D eigenvalue weighted by atomic mass is 19.1. The molecule has 1 amide bonds. The van der Waals surface area contributed by atoms with Crippen molar-refractivity contribution in [3.63, 3.8) is 0 Å². The molecule has 1 N–H and O–H groups in total. The number of ether oxygens (including phenoxy) is 1. The SMILES string of the molecule is CN(Cc1cc(C2CCCNC2)nn1C)C(=O)COc1ccc(F)cc1. The smallest absolute Gasteiger partial charge is 0.260 e. The number of nitrogens with zero attached hydrogens (tertiary/aromatic N) is 3. The van der Waals surface area contributed by atoms with E-state index in [-0.39, 0.29) is 18.3 Å². The average molecular weight is 360 g/mol. The zero-order valence-corrected chi connectivity index (χ0v) is 15.2. The molecule has 3 rings (SSSR count). The Morgan fingerprint density at radius 3 is 2.88 bits per heavy atom. The Hall–Kier alpha value is -2.41. The minimum absolute atomic E-state index is 0.0839. The van der Waals surface area contributed by atoms with Gasteiger partial charge in [-0.05, 0) is 49.7 Å². The van der Waals surface area contributed by atoms with E-state index >= 15 is 0 Å². The lowest BCUT2D eigenvalue weighted by atomic mass is 9.96. The molecular weight excluding hydrogens is 335 g/mol. The Kier molecular flexibility index (Phi) is 5.88. The van der Waals surface area contributed by atoms with E-state index in [4.69, 9.17) is 4.74 Å². The largest absolute Gasteiger partial charge is 0.484 e. The van der Waals surface area contributed by atoms with E-state index < -0.39 is 0 Å². The van der Waals surface area contributed by atoms with E-state index in [0.29, 0.717) is 18.2 Å². The van der Waals surface area contributed by atoms with E-state index in [9.17, 15) is 9.18 Å². The van der Waals surface area contributed by atoms with E-state index in [1.54, 1.807) is 11.9 Å². The second-order valence-electron chi connectivity index (χ2n) is 6.72. The normalized spacial score (nSPS) is 17.1. The third-order valence-corrected chi connectivity index (χ3v) is 4.71. The van der Waals surface area contributed by atoms with Crippen molar-refractivity contribution >= 4 is 5.91 Å². The molecule has 2 aromatic rings. The summed E-state index contributed by atoms with van der Waals surface area (Å²) in [7, 11) is 3.65. The van der Waals surface area contributed by atoms with Gasteiger partial charge in [0.25, 0.3) is 5.91 Å². The number of aromatic nitrogens is 2. The minimum atomic E-state index is -0.332. The highest BCUT2D eigenvalue weighted by molar-refractivity contribution is 5.77. The maximum absolute atomic E-state index is 12.9. The number of hydrogen-bond acceptors (Lipinski definition) is 4. The Balaban J connectivity index is 1.55. The Morgan fingerprint density at radius 1 is 1.42 bits per heavy atom. The summed E-state index contributed by atoms with van der Waals surface area (Å²) in [4.78, 5) is 13.9. The van der Waals surface area contributed by atoms with Crippen molar-refractivity contribution in [3.8, 4) is 5.75 Å². The lowest BCUT2D eigenvalue weighted by molar-refractivity contribution is -0.132. The van der Waals surface area contributed by atoms with Gasteiger partial charge in [-0.2, -0.15) is 5.10 Å². The van der Waals surface area contributed by atoms with Crippen LogP contribution in [0.15, 0.2) is 30.3 Å². The van der Waals surface area contributed by atoms with Crippen molar-refractivity contribution in [2.75, 3.05) is 26.7 Å². The van der Waals surface area contributed by atoms with Gasteiger partial charge in [-0.25, -0.2) is 4.39 Å². The molecule has 0 aliphatic carbocycles. The number of carbonyl (C=O) groups is 1. The molecule has 1 aromatic carbocycles. The van der Waals surface area contributed by atoms with Crippen LogP contribution in [0.2, 0.25) is 0 Å². The van der Waals surface area contributed by atoms with Crippen molar-refractivity contribution in [1.82, 2.24) is 20.0 Å². The number of benzene rings is 1. The average Bonchev–Trinajstić information content (AvgIpc) is 3.02. The van der Waals surface area contributed by atoms with Crippen molar-refractivity contribution in [1.29, 1.82) is 0 Å². The number of halogens is 1. The highest BCUT2D eigenvalue weighted by Crippen LogP contribution is 2.23. The summed E-state index contributed by atoms with van der Waals surface area (Å²) in [6.45, 7) is 2.41. The molecule has 1 aromatic heterocycles. The van der Waals surface area contributed by atoms with E-state index in [1.807, 2.05) is 11.7 Å². The Bertz CT molecular complexity index is 738. The van der Waals surface area contributed by atoms with Gasteiger partial charge in [0.2, 0.25) is 0 Å². The molecule has 140 valence electrons. The van der Waals surface area contributed by atoms with Crippen LogP contribution in [0, 0.1) is 5.82 Å². The first-order valence-corrected chi connectivity index (χ1v) is 8.89. The summed E-state index contributed by atoms with van der Waals surface area (Å²) in [5.41, 5.74) is 2.07. The van der Waals surface area contributed by atoms with E-state index in [0.717, 1.165) is 37.3 Å². The van der Waals surface area contributed by atoms with Crippen LogP contribution in [0.4, 0.5) is 4.39 Å². The minimum Gasteiger partial charge on any atom is -0.484 e. The van der Waals surface area contributed by atoms with Crippen LogP contribution in [0.1, 0.15) is 30.1 Å². The second-order valence-corrected chi connectivity index (χ2v) is 6.72. The van der Waals surface area contributed by atoms with Crippen LogP contribution in [0.5, 0.6) is 5.75 Å². The lowest BCUT2D eigenvalue weighted by Crippen LogP contribution is -2.31. The number of likely N-dealkylation sites (N-methyl/N-ethyl adjacent to an activating group) is 1. The predicted molar refractivity (Wildman–Crippen MR) is 96.4 cm³/mol. The molecule has 2 heterocycles. The summed E-state index contributed by atoms with van der Waals surface area (Å²) in [6.07, 6.45) is 2.30. The first-order valence-electron chi connectivity index (χ1n) is 8.89. The molecule has 0 radical (unpaired) electrons. The van der Waals surface area contributed by atoms with Gasteiger partial charge in [-0.3, -0.25) is 9.48 Å². The van der Waals surface area contributed by atoms with Crippen LogP contribution in [0.25, 0.3) is 0 Å². The molecule has 1 aliphatic rings. The third kappa shape index (κ3) is 4.60. The maximum atomic E-state index is 12.9. The number of aryl methyl sites for hydroxylation is 1. The Labute approximate surface area is 152 Å². The van der Waals surface area contributed by atoms with Crippen molar-refractivity contribution < 1.29 is 13.9 Å². The fourth-order valence-electron chi connectivity index (χ4n) is 3.10. The third-order valence-electron chi connectivity index (χ3n) is 4.71. The highest BCUT2D eigenvalue weighted by Gasteiger charge is 2.20. The second kappa shape index (κ2) is 8.31. The summed E-state index contributed by atoms with van der Waals surface area (Å²) < 4.78 is 20.2. The van der Waals surface area contributed by atoms with Gasteiger partial charge in [-0.1, -0.05) is 0 Å². The summed E-state index contributed by atoms with van der Waals surface area (Å²) in [5, 5.41) is 8.02. The molecule has 7 heteroatoms. The van der Waals surface area contributed by atoms with Crippen LogP contribution in [0.3, 0.4) is 0 Å². The van der Waals surface area contributed by atoms with Crippen molar-refractivity contribution in [2.24, 2.45) is 7.05 Å². The quantitative estimate of drug-likeness (QED) is 0.857. The van der Waals surface area contributed by atoms with Gasteiger partial charge < -0.3 is 15.0 Å². The van der Waals surface area contributed by atoms with Crippen LogP contribution in [-0.4, -0.2) is 47.3 Å². The predicted octanol–water partition coefficient (Wildman–Crippen LogP) is 2.06. The number of amides is 1. The summed E-state index contributed by atoms with van der Waals surface area (Å²) in [5.74, 6) is 0.435. The summed E-state index contributed by atoms with van der Waals surface area (Å²) >= 11 is 0. The topological polar surface area (TPSA) is 59.4 Å². The number of carbonyl (C=O) groups excluding carboxylic acids is 1. The fraction of sp³-hybridized carbons (Fsp3) is 0.474. The molecule has 1 atom stereocenters. The van der Waals surface area contributed by atoms with Gasteiger partial charge in [-0.15, -0.1) is 0 Å². The number of piperidine rings is 1. The maximum Gasteiger partial charge on any atom is 0.260 e. The number of nitrogens with one attached hydrogen (secondary N) is 1. The molecule has 1 saturated heterocycles. The van der Waals surface area contributed by atoms with Crippen LogP contribution >= 0.6 is 0 Å². The number of hydrogen-bond donors (Lipinski definition) is 1. The van der Waals surface area contributed by atoms with Gasteiger partial charge >= 0.3 is 0 Å².